The van der Waals surface area contributed by atoms with Crippen molar-refractivity contribution in [3.05, 3.63) is 47.5 Å². The first-order valence-corrected chi connectivity index (χ1v) is 10.8. The lowest BCUT2D eigenvalue weighted by molar-refractivity contribution is -0.117. The lowest BCUT2D eigenvalue weighted by Gasteiger charge is -2.42. The van der Waals surface area contributed by atoms with Crippen LogP contribution in [0.2, 0.25) is 0 Å². The largest absolute Gasteiger partial charge is 0.443 e. The second-order valence-electron chi connectivity index (χ2n) is 9.14. The normalized spacial score (nSPS) is 35.9. The molecule has 3 aliphatic rings. The summed E-state index contributed by atoms with van der Waals surface area (Å²) in [7, 11) is 1.62. The molecule has 1 aliphatic carbocycles. The van der Waals surface area contributed by atoms with Gasteiger partial charge < -0.3 is 18.9 Å². The molecule has 2 aliphatic heterocycles. The van der Waals surface area contributed by atoms with Gasteiger partial charge in [-0.15, -0.1) is 0 Å². The summed E-state index contributed by atoms with van der Waals surface area (Å²) in [5.41, 5.74) is 0.964. The van der Waals surface area contributed by atoms with Crippen LogP contribution >= 0.6 is 0 Å². The molecule has 1 aromatic carbocycles. The van der Waals surface area contributed by atoms with E-state index in [1.807, 2.05) is 6.07 Å². The minimum Gasteiger partial charge on any atom is -0.443 e. The number of allylic oxidation sites excluding steroid dienone is 1. The first-order valence-electron chi connectivity index (χ1n) is 10.8. The lowest BCUT2D eigenvalue weighted by Crippen LogP contribution is -2.56. The molecular weight excluding hydrogens is 398 g/mol. The van der Waals surface area contributed by atoms with Crippen LogP contribution in [-0.2, 0) is 18.9 Å². The number of hydrogen-bond acceptors (Lipinski definition) is 6. The van der Waals surface area contributed by atoms with Crippen molar-refractivity contribution in [3.63, 3.8) is 0 Å². The molecule has 2 heterocycles. The Hall–Kier alpha value is -2.22. The van der Waals surface area contributed by atoms with Crippen molar-refractivity contribution in [1.82, 2.24) is 5.32 Å². The van der Waals surface area contributed by atoms with Gasteiger partial charge in [-0.25, -0.2) is 4.79 Å². The van der Waals surface area contributed by atoms with Crippen molar-refractivity contribution >= 4 is 12.0 Å². The van der Waals surface area contributed by atoms with E-state index in [0.29, 0.717) is 18.6 Å². The molecule has 4 rings (SSSR count). The predicted octanol–water partition coefficient (Wildman–Crippen LogP) is 3.63. The van der Waals surface area contributed by atoms with Gasteiger partial charge in [0.25, 0.3) is 5.91 Å². The van der Waals surface area contributed by atoms with E-state index < -0.39 is 23.7 Å². The average Bonchev–Trinajstić information content (AvgIpc) is 3.65. The van der Waals surface area contributed by atoms with Crippen LogP contribution in [0.5, 0.6) is 0 Å². The fourth-order valence-corrected chi connectivity index (χ4v) is 4.99. The summed E-state index contributed by atoms with van der Waals surface area (Å²) in [6.07, 6.45) is 2.83. The highest BCUT2D eigenvalue weighted by atomic mass is 16.6. The van der Waals surface area contributed by atoms with Crippen LogP contribution in [0, 0.1) is 5.92 Å². The predicted molar refractivity (Wildman–Crippen MR) is 114 cm³/mol. The van der Waals surface area contributed by atoms with Gasteiger partial charge >= 0.3 is 6.09 Å². The van der Waals surface area contributed by atoms with E-state index in [1.54, 1.807) is 31.4 Å². The van der Waals surface area contributed by atoms with E-state index in [1.165, 1.54) is 5.57 Å². The molecule has 0 bridgehead atoms. The van der Waals surface area contributed by atoms with Crippen LogP contribution in [0.25, 0.3) is 0 Å². The van der Waals surface area contributed by atoms with Crippen LogP contribution in [0.15, 0.2) is 42.0 Å². The average molecular weight is 430 g/mol. The van der Waals surface area contributed by atoms with E-state index in [4.69, 9.17) is 18.9 Å². The molecule has 0 aromatic heterocycles. The third-order valence-electron chi connectivity index (χ3n) is 6.75. The number of methoxy groups -OCH3 is 1. The monoisotopic (exact) mass is 429 g/mol. The van der Waals surface area contributed by atoms with Crippen molar-refractivity contribution < 1.29 is 28.5 Å². The smallest absolute Gasteiger partial charge is 0.414 e. The van der Waals surface area contributed by atoms with Gasteiger partial charge in [0.1, 0.15) is 23.4 Å². The van der Waals surface area contributed by atoms with Crippen LogP contribution in [-0.4, -0.2) is 55.2 Å². The molecule has 3 fully saturated rings. The zero-order valence-electron chi connectivity index (χ0n) is 18.6. The fraction of sp³-hybridized carbons (Fsp3) is 0.583. The molecule has 6 unspecified atom stereocenters. The van der Waals surface area contributed by atoms with Gasteiger partial charge in [0.2, 0.25) is 0 Å². The molecule has 1 N–H and O–H groups in total. The van der Waals surface area contributed by atoms with Gasteiger partial charge in [0, 0.05) is 12.7 Å². The Morgan fingerprint density at radius 1 is 1.26 bits per heavy atom. The molecule has 1 saturated carbocycles. The summed E-state index contributed by atoms with van der Waals surface area (Å²) in [5, 5.41) is 2.31. The maximum atomic E-state index is 12.5. The van der Waals surface area contributed by atoms with E-state index in [-0.39, 0.29) is 23.7 Å². The summed E-state index contributed by atoms with van der Waals surface area (Å²) < 4.78 is 23.6. The van der Waals surface area contributed by atoms with Gasteiger partial charge in [-0.05, 0) is 52.2 Å². The summed E-state index contributed by atoms with van der Waals surface area (Å²) in [5.74, 6) is -0.551. The van der Waals surface area contributed by atoms with Crippen molar-refractivity contribution in [1.29, 1.82) is 0 Å². The standard InChI is InChI=1S/C24H31NO6/c1-15(2)10-11-18-23(3,31-18)20-19(28-4)17(12-13-24(20)14-29-24)30-22(27)25-21(26)16-8-6-5-7-9-16/h5-10,17-20H,11-14H2,1-4H3,(H,25,26,27). The number of carbonyl (C=O) groups excluding carboxylic acids is 2. The topological polar surface area (TPSA) is 89.7 Å². The van der Waals surface area contributed by atoms with Crippen LogP contribution in [0.3, 0.4) is 0 Å². The zero-order valence-corrected chi connectivity index (χ0v) is 18.6. The molecular formula is C24H31NO6. The van der Waals surface area contributed by atoms with E-state index in [0.717, 1.165) is 12.8 Å². The molecule has 31 heavy (non-hydrogen) atoms. The highest BCUT2D eigenvalue weighted by Crippen LogP contribution is 2.59. The van der Waals surface area contributed by atoms with Gasteiger partial charge in [-0.2, -0.15) is 0 Å². The van der Waals surface area contributed by atoms with Gasteiger partial charge in [-0.3, -0.25) is 10.1 Å². The highest BCUT2D eigenvalue weighted by molar-refractivity contribution is 6.02. The Balaban J connectivity index is 1.44. The van der Waals surface area contributed by atoms with Crippen LogP contribution in [0.4, 0.5) is 4.79 Å². The third kappa shape index (κ3) is 4.40. The molecule has 6 atom stereocenters. The summed E-state index contributed by atoms with van der Waals surface area (Å²) >= 11 is 0. The van der Waals surface area contributed by atoms with E-state index in [9.17, 15) is 9.59 Å². The number of alkyl carbamates (subject to hydrolysis) is 1. The minimum absolute atomic E-state index is 0.0584. The summed E-state index contributed by atoms with van der Waals surface area (Å²) in [6, 6.07) is 8.57. The molecule has 168 valence electrons. The summed E-state index contributed by atoms with van der Waals surface area (Å²) in [6.45, 7) is 6.90. The number of nitrogens with one attached hydrogen (secondary N) is 1. The van der Waals surface area contributed by atoms with Crippen molar-refractivity contribution in [2.24, 2.45) is 5.92 Å². The SMILES string of the molecule is COC1C(OC(=O)NC(=O)c2ccccc2)CCC2(CO2)C1C1(C)OC1CC=C(C)C. The maximum absolute atomic E-state index is 12.5. The Morgan fingerprint density at radius 3 is 2.58 bits per heavy atom. The number of ether oxygens (including phenoxy) is 4. The minimum atomic E-state index is -0.768. The van der Waals surface area contributed by atoms with Gasteiger partial charge in [-0.1, -0.05) is 29.8 Å². The molecule has 0 radical (unpaired) electrons. The van der Waals surface area contributed by atoms with Crippen molar-refractivity contribution in [2.75, 3.05) is 13.7 Å². The second kappa shape index (κ2) is 8.37. The fourth-order valence-electron chi connectivity index (χ4n) is 4.99. The first-order chi connectivity index (χ1) is 14.8. The Labute approximate surface area is 183 Å². The van der Waals surface area contributed by atoms with E-state index in [2.05, 4.69) is 32.2 Å². The number of epoxide rings is 2. The molecule has 7 nitrogen and oxygen atoms in total. The van der Waals surface area contributed by atoms with Crippen molar-refractivity contribution in [3.8, 4) is 0 Å². The number of amides is 2. The molecule has 7 heteroatoms. The number of hydrogen-bond donors (Lipinski definition) is 1. The number of imide groups is 1. The zero-order chi connectivity index (χ0) is 22.2. The maximum Gasteiger partial charge on any atom is 0.414 e. The van der Waals surface area contributed by atoms with Crippen LogP contribution in [0.1, 0.15) is 50.4 Å². The van der Waals surface area contributed by atoms with Crippen molar-refractivity contribution in [2.45, 2.75) is 69.5 Å². The Morgan fingerprint density at radius 2 is 1.97 bits per heavy atom. The number of rotatable bonds is 6. The Kier molecular flexibility index (Phi) is 5.94. The molecule has 2 amide bonds. The second-order valence-corrected chi connectivity index (χ2v) is 9.14. The summed E-state index contributed by atoms with van der Waals surface area (Å²) in [4.78, 5) is 24.7. The van der Waals surface area contributed by atoms with Crippen LogP contribution < -0.4 is 5.32 Å². The number of carbonyl (C=O) groups is 2. The van der Waals surface area contributed by atoms with Gasteiger partial charge in [0.15, 0.2) is 0 Å². The third-order valence-corrected chi connectivity index (χ3v) is 6.75. The van der Waals surface area contributed by atoms with E-state index >= 15 is 0 Å². The molecule has 1 spiro atoms. The Bertz CT molecular complexity index is 860. The number of benzene rings is 1. The molecule has 2 saturated heterocycles. The first kappa shape index (κ1) is 22.0. The molecule has 1 aromatic rings. The highest BCUT2D eigenvalue weighted by Gasteiger charge is 2.72. The lowest BCUT2D eigenvalue weighted by atomic mass is 9.68. The van der Waals surface area contributed by atoms with Gasteiger partial charge in [0.05, 0.1) is 18.6 Å². The quantitative estimate of drug-likeness (QED) is 0.549.